The van der Waals surface area contributed by atoms with Gasteiger partial charge in [0.2, 0.25) is 53.4 Å². The topological polar surface area (TPSA) is 498 Å². The fraction of sp³-hybridized carbons (Fsp3) is 0.329. The number of phenols is 5. The van der Waals surface area contributed by atoms with E-state index in [2.05, 4.69) is 56.4 Å². The zero-order valence-electron chi connectivity index (χ0n) is 58.7. The molecule has 7 amide bonds. The van der Waals surface area contributed by atoms with Gasteiger partial charge in [0, 0.05) is 47.2 Å². The molecule has 32 nitrogen and oxygen atoms in total. The van der Waals surface area contributed by atoms with Crippen molar-refractivity contribution in [2.45, 2.75) is 144 Å². The molecule has 0 unspecified atom stereocenters. The number of carbonyl (C=O) groups excluding carboxylic acids is 7. The summed E-state index contributed by atoms with van der Waals surface area (Å²) in [6, 6.07) is 5.61. The Kier molecular flexibility index (Phi) is 23.1. The molecule has 7 heterocycles. The Hall–Kier alpha value is -11.7. The van der Waals surface area contributed by atoms with Crippen molar-refractivity contribution in [3.05, 3.63) is 164 Å². The second kappa shape index (κ2) is 32.7. The lowest BCUT2D eigenvalue weighted by atomic mass is 9.89. The highest BCUT2D eigenvalue weighted by Gasteiger charge is 2.51. The Morgan fingerprint density at radius 1 is 0.555 bits per heavy atom. The summed E-state index contributed by atoms with van der Waals surface area (Å²) in [5.41, 5.74) is -2.67. The molecule has 7 aliphatic heterocycles. The van der Waals surface area contributed by atoms with Crippen LogP contribution in [0, 0.1) is 5.92 Å². The first-order chi connectivity index (χ1) is 52.4. The number of hydrogen-bond donors (Lipinski definition) is 18. The molecule has 7 aromatic carbocycles. The number of hydrogen-bond acceptors (Lipinski definition) is 23. The SMILES string of the molecule is CN[C@@H]1C(=O)N[C@@H]2Cc3ccc(cc3)Oc3cc4cc(c3O[C@@H]3O[C@H](C(=O)O)[C@@H](O)[C@H](O)[C@H]3NC(=O)CCCCCCCC(C)C)Oc3ccc(cc3Cl)[C@@H](O)[C@@H]3NC(=O)[C@H](NC(=O)[C@@H]4NC(=O)[C@@H](NC2=O)c2cc(cc(O)c2Cl)Oc2cc1ccc2O)c1ccc(O)c(c1)-c1c(O)cc(O)cc1[C@@H](C(=O)O)NC3=O. The third-order valence-corrected chi connectivity index (χ3v) is 20.0. The van der Waals surface area contributed by atoms with Gasteiger partial charge in [0.1, 0.15) is 101 Å². The van der Waals surface area contributed by atoms with Crippen LogP contribution < -0.4 is 61.5 Å². The number of aliphatic hydroxyl groups excluding tert-OH is 3. The number of unbranched alkanes of at least 4 members (excludes halogenated alkanes) is 4. The Morgan fingerprint density at radius 3 is 1.89 bits per heavy atom. The summed E-state index contributed by atoms with van der Waals surface area (Å²) in [6.45, 7) is 4.22. The fourth-order valence-corrected chi connectivity index (χ4v) is 14.1. The van der Waals surface area contributed by atoms with Gasteiger partial charge in [-0.15, -0.1) is 0 Å². The van der Waals surface area contributed by atoms with Gasteiger partial charge in [-0.25, -0.2) is 9.59 Å². The van der Waals surface area contributed by atoms with Gasteiger partial charge in [-0.05, 0) is 120 Å². The number of likely N-dealkylation sites (N-methyl/N-ethyl adjacent to an activating group) is 1. The maximum atomic E-state index is 16.4. The van der Waals surface area contributed by atoms with Crippen molar-refractivity contribution >= 4 is 76.5 Å². The van der Waals surface area contributed by atoms with Crippen LogP contribution in [-0.2, 0) is 54.3 Å². The highest BCUT2D eigenvalue weighted by atomic mass is 35.5. The second-order valence-corrected chi connectivity index (χ2v) is 28.2. The van der Waals surface area contributed by atoms with Crippen molar-refractivity contribution in [1.29, 1.82) is 0 Å². The first kappa shape index (κ1) is 77.9. The number of rotatable bonds is 14. The molecule has 14 rings (SSSR count). The summed E-state index contributed by atoms with van der Waals surface area (Å²) in [5.74, 6) is -18.1. The number of aliphatic hydroxyl groups is 3. The molecule has 0 saturated carbocycles. The van der Waals surface area contributed by atoms with E-state index in [1.807, 2.05) is 0 Å². The van der Waals surface area contributed by atoms with Crippen LogP contribution in [-0.4, -0.2) is 154 Å². The quantitative estimate of drug-likeness (QED) is 0.0529. The number of nitrogens with one attached hydrogen (secondary N) is 8. The van der Waals surface area contributed by atoms with Gasteiger partial charge in [0.05, 0.1) is 10.0 Å². The molecule has 1 fully saturated rings. The number of benzene rings is 7. The number of amides is 7. The van der Waals surface area contributed by atoms with Gasteiger partial charge in [-0.1, -0.05) is 99.5 Å². The van der Waals surface area contributed by atoms with E-state index in [0.717, 1.165) is 98.5 Å². The number of carbonyl (C=O) groups is 9. The fourth-order valence-electron chi connectivity index (χ4n) is 13.6. The number of carboxylic acids is 2. The van der Waals surface area contributed by atoms with Gasteiger partial charge in [-0.2, -0.15) is 0 Å². The summed E-state index contributed by atoms with van der Waals surface area (Å²) in [5, 5.41) is 134. The Balaban J connectivity index is 1.10. The first-order valence-corrected chi connectivity index (χ1v) is 35.6. The minimum Gasteiger partial charge on any atom is -0.508 e. The van der Waals surface area contributed by atoms with Gasteiger partial charge in [0.15, 0.2) is 35.1 Å². The predicted octanol–water partition coefficient (Wildman–Crippen LogP) is 6.32. The number of aliphatic carboxylic acids is 2. The largest absolute Gasteiger partial charge is 0.508 e. The van der Waals surface area contributed by atoms with E-state index in [4.69, 9.17) is 46.9 Å². The molecular weight excluding hydrogens is 1480 g/mol. The summed E-state index contributed by atoms with van der Waals surface area (Å²) < 4.78 is 32.1. The monoisotopic (exact) mass is 1550 g/mol. The van der Waals surface area contributed by atoms with Crippen molar-refractivity contribution < 1.29 is 118 Å². The molecule has 1 saturated heterocycles. The van der Waals surface area contributed by atoms with Crippen molar-refractivity contribution in [2.75, 3.05) is 7.05 Å². The Bertz CT molecular complexity index is 4820. The van der Waals surface area contributed by atoms with E-state index in [1.54, 1.807) is 0 Å². The summed E-state index contributed by atoms with van der Waals surface area (Å²) in [7, 11) is 1.43. The predicted molar refractivity (Wildman–Crippen MR) is 386 cm³/mol. The zero-order chi connectivity index (χ0) is 78.8. The van der Waals surface area contributed by atoms with E-state index in [9.17, 15) is 75.0 Å². The number of carboxylic acid groups (broad SMARTS) is 2. The average molecular weight is 1560 g/mol. The normalized spacial score (nSPS) is 23.9. The Labute approximate surface area is 635 Å². The molecular formula is C76H76Cl2N8O24. The second-order valence-electron chi connectivity index (χ2n) is 27.4. The van der Waals surface area contributed by atoms with Crippen LogP contribution in [0.4, 0.5) is 0 Å². The van der Waals surface area contributed by atoms with Gasteiger partial charge < -0.3 is 117 Å². The lowest BCUT2D eigenvalue weighted by Gasteiger charge is -2.41. The summed E-state index contributed by atoms with van der Waals surface area (Å²) >= 11 is 14.1. The lowest BCUT2D eigenvalue weighted by Crippen LogP contribution is -2.66. The molecule has 18 N–H and O–H groups in total. The molecule has 0 radical (unpaired) electrons. The zero-order valence-corrected chi connectivity index (χ0v) is 60.2. The van der Waals surface area contributed by atoms with Crippen molar-refractivity contribution in [3.8, 4) is 80.1 Å². The lowest BCUT2D eigenvalue weighted by molar-refractivity contribution is -0.241. The van der Waals surface area contributed by atoms with Gasteiger partial charge in [0.25, 0.3) is 0 Å². The maximum Gasteiger partial charge on any atom is 0.335 e. The molecule has 0 aliphatic carbocycles. The third kappa shape index (κ3) is 16.7. The highest BCUT2D eigenvalue weighted by Crippen LogP contribution is 2.50. The average Bonchev–Trinajstić information content (AvgIpc) is 0.772. The number of ether oxygens (including phenoxy) is 5. The smallest absolute Gasteiger partial charge is 0.335 e. The number of aromatic hydroxyl groups is 5. The molecule has 7 aliphatic rings. The minimum atomic E-state index is -2.38. The van der Waals surface area contributed by atoms with Crippen LogP contribution in [0.3, 0.4) is 0 Å². The number of phenolic OH excluding ortho intramolecular Hbond substituents is 5. The summed E-state index contributed by atoms with van der Waals surface area (Å²) in [4.78, 5) is 133. The van der Waals surface area contributed by atoms with Gasteiger partial charge in [-0.3, -0.25) is 33.6 Å². The van der Waals surface area contributed by atoms with Crippen molar-refractivity contribution in [2.24, 2.45) is 5.92 Å². The highest BCUT2D eigenvalue weighted by molar-refractivity contribution is 6.33. The van der Waals surface area contributed by atoms with Gasteiger partial charge >= 0.3 is 11.9 Å². The van der Waals surface area contributed by atoms with Crippen LogP contribution >= 0.6 is 23.2 Å². The van der Waals surface area contributed by atoms with Crippen LogP contribution in [0.25, 0.3) is 11.1 Å². The number of halogens is 2. The van der Waals surface area contributed by atoms with E-state index in [-0.39, 0.29) is 46.8 Å². The van der Waals surface area contributed by atoms with Crippen molar-refractivity contribution in [1.82, 2.24) is 42.5 Å². The molecule has 0 spiro atoms. The molecule has 0 aromatic heterocycles. The van der Waals surface area contributed by atoms with E-state index < -0.39 is 222 Å². The van der Waals surface area contributed by atoms with Crippen molar-refractivity contribution in [3.63, 3.8) is 0 Å². The van der Waals surface area contributed by atoms with E-state index >= 15 is 19.2 Å². The molecule has 13 atom stereocenters. The molecule has 7 aromatic rings. The van der Waals surface area contributed by atoms with Crippen LogP contribution in [0.1, 0.15) is 134 Å². The minimum absolute atomic E-state index is 0.117. The number of fused-ring (bicyclic) bond motifs is 14. The Morgan fingerprint density at radius 2 is 1.19 bits per heavy atom. The van der Waals surface area contributed by atoms with E-state index in [0.29, 0.717) is 24.3 Å². The summed E-state index contributed by atoms with van der Waals surface area (Å²) in [6.07, 6.45) is -6.95. The molecule has 578 valence electrons. The molecule has 110 heavy (non-hydrogen) atoms. The third-order valence-electron chi connectivity index (χ3n) is 19.3. The van der Waals surface area contributed by atoms with E-state index in [1.165, 1.54) is 49.5 Å². The maximum absolute atomic E-state index is 16.4. The van der Waals surface area contributed by atoms with Crippen LogP contribution in [0.15, 0.2) is 115 Å². The van der Waals surface area contributed by atoms with Crippen LogP contribution in [0.2, 0.25) is 10.0 Å². The first-order valence-electron chi connectivity index (χ1n) is 34.9. The standard InChI is InChI=1S/C76H76Cl2N8O24/c1-31(2)9-7-5-4-6-8-10-53(92)81-62-64(94)65(95)67(75(104)105)110-76(62)109-66-51-25-36-26-52(66)108-49-20-15-35(23-43(49)77)63(93)61-73(101)85-60(74(102)103)41-27-37(87)28-47(90)54(41)40-22-33(13-18-45(40)88)57(70(98)86-61)82-71(99)58(36)83-72(100)59-42-29-39(30-48(91)55(42)78)107-50-24-34(14-19-46(50)89)56(79-3)69(97)80-44(68(96)84-59)21-32-11-16-38(106-51)17-12-32/h11-20,22-31,44,56-65,67,76,79,87-91,93-95H,4-10,21H2,1-3H3,(H,80,97)(H,81,92)(H,82,99)(H,83,100)(H,84,96)(H,85,101)(H,86,98)(H,102,103)(H,104,105)/t44-,56+,57-,58-,59+,60+,61+,62-,63-,64-,65+,67+,76-/m1/s1. The molecule has 34 heteroatoms. The molecule has 17 bridgehead atoms. The van der Waals surface area contributed by atoms with Crippen LogP contribution in [0.5, 0.6) is 69.0 Å².